The minimum Gasteiger partial charge on any atom is -0.355 e. The first kappa shape index (κ1) is 12.7. The Balaban J connectivity index is 2.32. The fourth-order valence-corrected chi connectivity index (χ4v) is 2.13. The van der Waals surface area contributed by atoms with E-state index in [4.69, 9.17) is 5.26 Å². The summed E-state index contributed by atoms with van der Waals surface area (Å²) in [6.45, 7) is 3.99. The molecule has 0 aliphatic carbocycles. The van der Waals surface area contributed by atoms with E-state index in [0.29, 0.717) is 5.56 Å². The first-order valence-electron chi connectivity index (χ1n) is 5.64. The Morgan fingerprint density at radius 3 is 2.56 bits per heavy atom. The molecule has 3 heteroatoms. The van der Waals surface area contributed by atoms with Crippen LogP contribution >= 0.6 is 15.9 Å². The zero-order chi connectivity index (χ0) is 13.1. The van der Waals surface area contributed by atoms with Crippen LogP contribution in [0.4, 0.5) is 11.4 Å². The zero-order valence-corrected chi connectivity index (χ0v) is 11.9. The van der Waals surface area contributed by atoms with Crippen molar-refractivity contribution in [1.29, 1.82) is 5.26 Å². The van der Waals surface area contributed by atoms with Gasteiger partial charge in [-0.1, -0.05) is 12.1 Å². The average molecular weight is 301 g/mol. The molecule has 2 aromatic rings. The number of hydrogen-bond donors (Lipinski definition) is 1. The predicted molar refractivity (Wildman–Crippen MR) is 78.1 cm³/mol. The number of rotatable bonds is 2. The van der Waals surface area contributed by atoms with E-state index < -0.39 is 0 Å². The van der Waals surface area contributed by atoms with Crippen molar-refractivity contribution in [2.75, 3.05) is 5.32 Å². The largest absolute Gasteiger partial charge is 0.355 e. The molecule has 0 bridgehead atoms. The van der Waals surface area contributed by atoms with E-state index in [1.807, 2.05) is 37.3 Å². The lowest BCUT2D eigenvalue weighted by Gasteiger charge is -2.11. The van der Waals surface area contributed by atoms with Gasteiger partial charge in [0.25, 0.3) is 0 Å². The van der Waals surface area contributed by atoms with Gasteiger partial charge in [-0.15, -0.1) is 0 Å². The number of nitrogens with zero attached hydrogens (tertiary/aromatic N) is 1. The van der Waals surface area contributed by atoms with Gasteiger partial charge >= 0.3 is 0 Å². The summed E-state index contributed by atoms with van der Waals surface area (Å²) < 4.78 is 1.06. The van der Waals surface area contributed by atoms with E-state index >= 15 is 0 Å². The Labute approximate surface area is 115 Å². The van der Waals surface area contributed by atoms with Gasteiger partial charge in [0.05, 0.1) is 17.3 Å². The minimum absolute atomic E-state index is 0.712. The lowest BCUT2D eigenvalue weighted by atomic mass is 10.1. The van der Waals surface area contributed by atoms with Crippen LogP contribution in [0.5, 0.6) is 0 Å². The van der Waals surface area contributed by atoms with Crippen LogP contribution in [0.2, 0.25) is 0 Å². The van der Waals surface area contributed by atoms with Gasteiger partial charge in [0.2, 0.25) is 0 Å². The molecule has 0 heterocycles. The van der Waals surface area contributed by atoms with E-state index in [0.717, 1.165) is 21.4 Å². The Kier molecular flexibility index (Phi) is 3.69. The maximum Gasteiger partial charge on any atom is 0.0994 e. The van der Waals surface area contributed by atoms with Gasteiger partial charge in [-0.3, -0.25) is 0 Å². The van der Waals surface area contributed by atoms with Gasteiger partial charge in [0, 0.05) is 10.2 Å². The van der Waals surface area contributed by atoms with Crippen LogP contribution in [0, 0.1) is 25.2 Å². The van der Waals surface area contributed by atoms with Crippen molar-refractivity contribution in [2.45, 2.75) is 13.8 Å². The summed E-state index contributed by atoms with van der Waals surface area (Å²) in [6, 6.07) is 14.0. The summed E-state index contributed by atoms with van der Waals surface area (Å²) >= 11 is 3.57. The molecule has 0 fully saturated rings. The molecule has 0 aromatic heterocycles. The molecule has 18 heavy (non-hydrogen) atoms. The lowest BCUT2D eigenvalue weighted by Crippen LogP contribution is -1.94. The first-order chi connectivity index (χ1) is 8.61. The fraction of sp³-hybridized carbons (Fsp3) is 0.133. The molecule has 2 aromatic carbocycles. The Bertz CT molecular complexity index is 627. The minimum atomic E-state index is 0.712. The van der Waals surface area contributed by atoms with Gasteiger partial charge in [0.1, 0.15) is 0 Å². The third-order valence-corrected chi connectivity index (χ3v) is 3.87. The molecule has 2 nitrogen and oxygen atoms in total. The van der Waals surface area contributed by atoms with Crippen molar-refractivity contribution in [3.63, 3.8) is 0 Å². The molecule has 0 aliphatic heterocycles. The highest BCUT2D eigenvalue weighted by Gasteiger charge is 2.04. The van der Waals surface area contributed by atoms with Gasteiger partial charge < -0.3 is 5.32 Å². The van der Waals surface area contributed by atoms with Gasteiger partial charge in [0.15, 0.2) is 0 Å². The van der Waals surface area contributed by atoms with Crippen LogP contribution in [0.1, 0.15) is 16.7 Å². The molecular formula is C15H13BrN2. The maximum atomic E-state index is 8.90. The van der Waals surface area contributed by atoms with E-state index in [2.05, 4.69) is 40.3 Å². The second-order valence-electron chi connectivity index (χ2n) is 4.20. The number of nitrogens with one attached hydrogen (secondary N) is 1. The summed E-state index contributed by atoms with van der Waals surface area (Å²) in [6.07, 6.45) is 0. The molecule has 2 rings (SSSR count). The number of hydrogen-bond acceptors (Lipinski definition) is 2. The van der Waals surface area contributed by atoms with Crippen LogP contribution in [-0.4, -0.2) is 0 Å². The number of aryl methyl sites for hydroxylation is 2. The smallest absolute Gasteiger partial charge is 0.0994 e. The van der Waals surface area contributed by atoms with E-state index in [1.54, 1.807) is 0 Å². The van der Waals surface area contributed by atoms with Crippen molar-refractivity contribution in [1.82, 2.24) is 0 Å². The third-order valence-electron chi connectivity index (χ3n) is 2.82. The van der Waals surface area contributed by atoms with E-state index in [9.17, 15) is 0 Å². The second-order valence-corrected chi connectivity index (χ2v) is 5.00. The molecule has 0 saturated heterocycles. The highest BCUT2D eigenvalue weighted by atomic mass is 79.9. The summed E-state index contributed by atoms with van der Waals surface area (Å²) in [5.41, 5.74) is 4.89. The standard InChI is InChI=1S/C15H13BrN2/c1-10-4-3-5-14(15(10)16)18-13-7-6-12(9-17)11(2)8-13/h3-8,18H,1-2H3. The van der Waals surface area contributed by atoms with Crippen LogP contribution < -0.4 is 5.32 Å². The molecule has 0 unspecified atom stereocenters. The van der Waals surface area contributed by atoms with Crippen LogP contribution in [0.15, 0.2) is 40.9 Å². The quantitative estimate of drug-likeness (QED) is 0.874. The van der Waals surface area contributed by atoms with E-state index in [1.165, 1.54) is 5.56 Å². The summed E-state index contributed by atoms with van der Waals surface area (Å²) in [7, 11) is 0. The number of benzene rings is 2. The van der Waals surface area contributed by atoms with Gasteiger partial charge in [-0.25, -0.2) is 0 Å². The summed E-state index contributed by atoms with van der Waals surface area (Å²) in [4.78, 5) is 0. The number of anilines is 2. The SMILES string of the molecule is Cc1cc(Nc2cccc(C)c2Br)ccc1C#N. The molecule has 0 saturated carbocycles. The topological polar surface area (TPSA) is 35.8 Å². The van der Waals surface area contributed by atoms with Gasteiger partial charge in [-0.05, 0) is 65.2 Å². The van der Waals surface area contributed by atoms with Crippen LogP contribution in [0.3, 0.4) is 0 Å². The van der Waals surface area contributed by atoms with Crippen molar-refractivity contribution in [2.24, 2.45) is 0 Å². The highest BCUT2D eigenvalue weighted by Crippen LogP contribution is 2.29. The number of halogens is 1. The van der Waals surface area contributed by atoms with Crippen LogP contribution in [0.25, 0.3) is 0 Å². The molecule has 1 N–H and O–H groups in total. The normalized spacial score (nSPS) is 9.89. The van der Waals surface area contributed by atoms with Crippen molar-refractivity contribution in [3.05, 3.63) is 57.6 Å². The van der Waals surface area contributed by atoms with Crippen molar-refractivity contribution >= 4 is 27.3 Å². The van der Waals surface area contributed by atoms with Crippen molar-refractivity contribution in [3.8, 4) is 6.07 Å². The molecule has 0 spiro atoms. The fourth-order valence-electron chi connectivity index (χ4n) is 1.77. The second kappa shape index (κ2) is 5.24. The Morgan fingerprint density at radius 2 is 1.89 bits per heavy atom. The first-order valence-corrected chi connectivity index (χ1v) is 6.44. The van der Waals surface area contributed by atoms with Gasteiger partial charge in [-0.2, -0.15) is 5.26 Å². The average Bonchev–Trinajstić information content (AvgIpc) is 2.35. The molecule has 0 aliphatic rings. The molecule has 0 amide bonds. The third kappa shape index (κ3) is 2.55. The van der Waals surface area contributed by atoms with Crippen molar-refractivity contribution < 1.29 is 0 Å². The molecule has 0 atom stereocenters. The molecule has 0 radical (unpaired) electrons. The molecular weight excluding hydrogens is 288 g/mol. The zero-order valence-electron chi connectivity index (χ0n) is 10.3. The summed E-state index contributed by atoms with van der Waals surface area (Å²) in [5, 5.41) is 12.3. The summed E-state index contributed by atoms with van der Waals surface area (Å²) in [5.74, 6) is 0. The molecule has 90 valence electrons. The maximum absolute atomic E-state index is 8.90. The predicted octanol–water partition coefficient (Wildman–Crippen LogP) is 4.68. The lowest BCUT2D eigenvalue weighted by molar-refractivity contribution is 1.37. The Morgan fingerprint density at radius 1 is 1.11 bits per heavy atom. The number of nitriles is 1. The van der Waals surface area contributed by atoms with Crippen LogP contribution in [-0.2, 0) is 0 Å². The Hall–Kier alpha value is -1.79. The van der Waals surface area contributed by atoms with E-state index in [-0.39, 0.29) is 0 Å². The highest BCUT2D eigenvalue weighted by molar-refractivity contribution is 9.10. The monoisotopic (exact) mass is 300 g/mol.